The maximum absolute atomic E-state index is 11.7. The average Bonchev–Trinajstić information content (AvgIpc) is 2.87. The zero-order chi connectivity index (χ0) is 26.4. The fraction of sp³-hybridized carbons (Fsp3) is 0.906. The van der Waals surface area contributed by atoms with Crippen LogP contribution in [0.2, 0.25) is 0 Å². The van der Waals surface area contributed by atoms with Crippen LogP contribution in [-0.2, 0) is 9.47 Å². The van der Waals surface area contributed by atoms with Gasteiger partial charge in [-0.15, -0.1) is 6.58 Å². The summed E-state index contributed by atoms with van der Waals surface area (Å²) in [6.07, 6.45) is 34.6. The second kappa shape index (κ2) is 30.5. The number of carbonyl (C=O) groups is 1. The van der Waals surface area contributed by atoms with Crippen LogP contribution in [0.4, 0.5) is 4.79 Å². The van der Waals surface area contributed by atoms with Crippen LogP contribution in [0.15, 0.2) is 12.7 Å². The zero-order valence-electron chi connectivity index (χ0n) is 24.1. The molecule has 0 saturated heterocycles. The highest BCUT2D eigenvalue weighted by atomic mass is 35.5. The van der Waals surface area contributed by atoms with Crippen LogP contribution in [0.3, 0.4) is 0 Å². The monoisotopic (exact) mass is 528 g/mol. The van der Waals surface area contributed by atoms with Gasteiger partial charge < -0.3 is 9.47 Å². The largest absolute Gasteiger partial charge is 0.509 e. The van der Waals surface area contributed by atoms with Crippen molar-refractivity contribution in [2.45, 2.75) is 179 Å². The third-order valence-electron chi connectivity index (χ3n) is 7.03. The van der Waals surface area contributed by atoms with Crippen molar-refractivity contribution >= 4 is 17.8 Å². The van der Waals surface area contributed by atoms with E-state index in [1.165, 1.54) is 135 Å². The molecule has 0 aromatic rings. The Balaban J connectivity index is 3.23. The molecule has 0 N–H and O–H groups in total. The van der Waals surface area contributed by atoms with Gasteiger partial charge in [0.25, 0.3) is 0 Å². The fourth-order valence-electron chi connectivity index (χ4n) is 4.66. The van der Waals surface area contributed by atoms with E-state index in [4.69, 9.17) is 21.1 Å². The standard InChI is InChI=1S/C32H61ClO3/c1-3-5-7-9-11-12-13-14-15-16-17-18-19-20-21-22-24-26-28-30-35-32(34)36-31(33)29-27-25-23-10-8-6-4-2/h3,31H,1,4-30H2,2H3. The van der Waals surface area contributed by atoms with Gasteiger partial charge in [0, 0.05) is 0 Å². The van der Waals surface area contributed by atoms with E-state index in [2.05, 4.69) is 13.5 Å². The zero-order valence-corrected chi connectivity index (χ0v) is 24.8. The molecule has 0 radical (unpaired) electrons. The molecule has 0 aromatic carbocycles. The molecule has 0 heterocycles. The summed E-state index contributed by atoms with van der Waals surface area (Å²) in [4.78, 5) is 11.7. The van der Waals surface area contributed by atoms with Gasteiger partial charge in [0.1, 0.15) is 0 Å². The lowest BCUT2D eigenvalue weighted by Gasteiger charge is -2.11. The van der Waals surface area contributed by atoms with E-state index in [9.17, 15) is 4.79 Å². The van der Waals surface area contributed by atoms with Gasteiger partial charge in [-0.05, 0) is 32.1 Å². The van der Waals surface area contributed by atoms with Crippen LogP contribution in [0.1, 0.15) is 174 Å². The van der Waals surface area contributed by atoms with Gasteiger partial charge in [-0.25, -0.2) is 4.79 Å². The molecule has 0 aliphatic carbocycles. The summed E-state index contributed by atoms with van der Waals surface area (Å²) in [5, 5.41) is 0. The summed E-state index contributed by atoms with van der Waals surface area (Å²) in [6, 6.07) is 0. The second-order valence-corrected chi connectivity index (χ2v) is 11.1. The van der Waals surface area contributed by atoms with E-state index >= 15 is 0 Å². The molecular formula is C32H61ClO3. The molecule has 3 nitrogen and oxygen atoms in total. The van der Waals surface area contributed by atoms with Gasteiger partial charge in [-0.2, -0.15) is 0 Å². The van der Waals surface area contributed by atoms with Crippen molar-refractivity contribution < 1.29 is 14.3 Å². The van der Waals surface area contributed by atoms with Gasteiger partial charge in [0.2, 0.25) is 0 Å². The number of alkyl halides is 1. The predicted octanol–water partition coefficient (Wildman–Crippen LogP) is 12.1. The first-order chi connectivity index (χ1) is 17.7. The molecule has 4 heteroatoms. The summed E-state index contributed by atoms with van der Waals surface area (Å²) in [5.41, 5.74) is -0.560. The van der Waals surface area contributed by atoms with Gasteiger partial charge in [0.05, 0.1) is 6.61 Å². The maximum atomic E-state index is 11.7. The predicted molar refractivity (Wildman–Crippen MR) is 158 cm³/mol. The first-order valence-corrected chi connectivity index (χ1v) is 16.2. The Hall–Kier alpha value is -0.700. The topological polar surface area (TPSA) is 35.5 Å². The van der Waals surface area contributed by atoms with Crippen LogP contribution in [-0.4, -0.2) is 18.3 Å². The molecule has 0 fully saturated rings. The molecule has 0 aliphatic heterocycles. The van der Waals surface area contributed by atoms with Crippen LogP contribution in [0.25, 0.3) is 0 Å². The molecule has 0 spiro atoms. The second-order valence-electron chi connectivity index (χ2n) is 10.6. The van der Waals surface area contributed by atoms with Crippen LogP contribution >= 0.6 is 11.6 Å². The minimum Gasteiger partial charge on any atom is -0.434 e. The van der Waals surface area contributed by atoms with Crippen LogP contribution in [0, 0.1) is 0 Å². The quantitative estimate of drug-likeness (QED) is 0.0419. The smallest absolute Gasteiger partial charge is 0.434 e. The number of unbranched alkanes of at least 4 members (excludes halogenated alkanes) is 23. The Kier molecular flexibility index (Phi) is 29.9. The number of hydrogen-bond donors (Lipinski definition) is 0. The van der Waals surface area contributed by atoms with E-state index in [0.29, 0.717) is 13.0 Å². The maximum Gasteiger partial charge on any atom is 0.509 e. The summed E-state index contributed by atoms with van der Waals surface area (Å²) < 4.78 is 10.3. The molecule has 0 amide bonds. The summed E-state index contributed by atoms with van der Waals surface area (Å²) in [6.45, 7) is 6.45. The van der Waals surface area contributed by atoms with E-state index < -0.39 is 11.7 Å². The van der Waals surface area contributed by atoms with Gasteiger partial charge in [-0.1, -0.05) is 159 Å². The number of hydrogen-bond acceptors (Lipinski definition) is 3. The van der Waals surface area contributed by atoms with Crippen LogP contribution < -0.4 is 0 Å². The molecule has 214 valence electrons. The normalized spacial score (nSPS) is 11.9. The lowest BCUT2D eigenvalue weighted by molar-refractivity contribution is 0.0423. The Labute approximate surface area is 230 Å². The third kappa shape index (κ3) is 29.5. The molecular weight excluding hydrogens is 468 g/mol. The molecule has 0 aromatic heterocycles. The Morgan fingerprint density at radius 1 is 0.639 bits per heavy atom. The molecule has 0 saturated carbocycles. The molecule has 1 atom stereocenters. The van der Waals surface area contributed by atoms with Crippen molar-refractivity contribution in [2.75, 3.05) is 6.61 Å². The van der Waals surface area contributed by atoms with Gasteiger partial charge in [0.15, 0.2) is 5.56 Å². The Bertz CT molecular complexity index is 455. The Morgan fingerprint density at radius 2 is 1.03 bits per heavy atom. The Morgan fingerprint density at radius 3 is 1.47 bits per heavy atom. The van der Waals surface area contributed by atoms with Crippen molar-refractivity contribution in [1.29, 1.82) is 0 Å². The first kappa shape index (κ1) is 35.3. The van der Waals surface area contributed by atoms with Crippen LogP contribution in [0.5, 0.6) is 0 Å². The van der Waals surface area contributed by atoms with Crippen molar-refractivity contribution in [1.82, 2.24) is 0 Å². The minimum atomic E-state index is -0.614. The summed E-state index contributed by atoms with van der Waals surface area (Å²) >= 11 is 6.11. The van der Waals surface area contributed by atoms with Gasteiger partial charge >= 0.3 is 6.16 Å². The average molecular weight is 529 g/mol. The van der Waals surface area contributed by atoms with E-state index in [0.717, 1.165) is 25.7 Å². The fourth-order valence-corrected chi connectivity index (χ4v) is 4.88. The van der Waals surface area contributed by atoms with Crippen molar-refractivity contribution in [3.63, 3.8) is 0 Å². The molecule has 1 unspecified atom stereocenters. The number of ether oxygens (including phenoxy) is 2. The van der Waals surface area contributed by atoms with Crippen molar-refractivity contribution in [3.8, 4) is 0 Å². The van der Waals surface area contributed by atoms with Crippen molar-refractivity contribution in [2.24, 2.45) is 0 Å². The van der Waals surface area contributed by atoms with E-state index in [-0.39, 0.29) is 0 Å². The lowest BCUT2D eigenvalue weighted by atomic mass is 10.0. The SMILES string of the molecule is C=CCCCCCCCCCCCCCCCCCCCOC(=O)OC(Cl)CCCCCCCCC. The molecule has 0 aliphatic rings. The third-order valence-corrected chi connectivity index (χ3v) is 7.34. The highest BCUT2D eigenvalue weighted by Gasteiger charge is 2.12. The van der Waals surface area contributed by atoms with Crippen molar-refractivity contribution in [3.05, 3.63) is 12.7 Å². The summed E-state index contributed by atoms with van der Waals surface area (Å²) in [5.74, 6) is 0. The first-order valence-electron chi connectivity index (χ1n) is 15.8. The molecule has 0 rings (SSSR count). The number of halogens is 1. The highest BCUT2D eigenvalue weighted by molar-refractivity contribution is 6.20. The van der Waals surface area contributed by atoms with Gasteiger partial charge in [-0.3, -0.25) is 0 Å². The molecule has 0 bridgehead atoms. The number of allylic oxidation sites excluding steroid dienone is 1. The van der Waals surface area contributed by atoms with E-state index in [1.807, 2.05) is 6.08 Å². The highest BCUT2D eigenvalue weighted by Crippen LogP contribution is 2.16. The number of carbonyl (C=O) groups excluding carboxylic acids is 1. The minimum absolute atomic E-state index is 0.440. The number of rotatable bonds is 29. The summed E-state index contributed by atoms with van der Waals surface area (Å²) in [7, 11) is 0. The van der Waals surface area contributed by atoms with E-state index in [1.54, 1.807) is 0 Å². The molecule has 36 heavy (non-hydrogen) atoms. The lowest BCUT2D eigenvalue weighted by Crippen LogP contribution is -2.14.